The third-order valence-electron chi connectivity index (χ3n) is 4.49. The molecule has 1 heterocycles. The van der Waals surface area contributed by atoms with E-state index < -0.39 is 5.60 Å². The number of hydrogen-bond donors (Lipinski definition) is 0. The van der Waals surface area contributed by atoms with Gasteiger partial charge in [0.25, 0.3) is 0 Å². The highest BCUT2D eigenvalue weighted by Crippen LogP contribution is 2.32. The maximum absolute atomic E-state index is 12.4. The van der Waals surface area contributed by atoms with Gasteiger partial charge in [0.2, 0.25) is 0 Å². The topological polar surface area (TPSA) is 48.1 Å². The molecule has 0 aromatic heterocycles. The van der Waals surface area contributed by atoms with Gasteiger partial charge in [-0.2, -0.15) is 0 Å². The fraction of sp³-hybridized carbons (Fsp3) is 0.435. The minimum absolute atomic E-state index is 0.0313. The Labute approximate surface area is 161 Å². The van der Waals surface area contributed by atoms with E-state index in [0.717, 1.165) is 28.9 Å². The van der Waals surface area contributed by atoms with E-state index in [1.54, 1.807) is 0 Å². The first-order valence-electron chi connectivity index (χ1n) is 9.41. The molecule has 4 heteroatoms. The molecule has 0 saturated carbocycles. The standard InChI is InChI=1S/C23H28O4/c1-15-12-17(10-11-19(15)22(24)27-23(3,4)5)21-9-7-6-8-20(21)16(2)25-13-18-14-26-18/h6-12,16,18H,13-14H2,1-5H3/t16-,18?/m1/s1. The van der Waals surface area contributed by atoms with E-state index in [1.165, 1.54) is 0 Å². The summed E-state index contributed by atoms with van der Waals surface area (Å²) in [5.74, 6) is -0.291. The summed E-state index contributed by atoms with van der Waals surface area (Å²) < 4.78 is 16.7. The van der Waals surface area contributed by atoms with E-state index in [9.17, 15) is 4.79 Å². The maximum atomic E-state index is 12.4. The summed E-state index contributed by atoms with van der Waals surface area (Å²) in [4.78, 5) is 12.4. The van der Waals surface area contributed by atoms with Gasteiger partial charge in [0.1, 0.15) is 11.7 Å². The number of epoxide rings is 1. The van der Waals surface area contributed by atoms with Crippen LogP contribution in [0.4, 0.5) is 0 Å². The summed E-state index contributed by atoms with van der Waals surface area (Å²) in [6, 6.07) is 14.1. The molecule has 2 aromatic rings. The lowest BCUT2D eigenvalue weighted by atomic mass is 9.94. The molecule has 2 atom stereocenters. The van der Waals surface area contributed by atoms with Gasteiger partial charge in [-0.05, 0) is 62.9 Å². The molecule has 0 N–H and O–H groups in total. The summed E-state index contributed by atoms with van der Waals surface area (Å²) in [5.41, 5.74) is 4.29. The zero-order valence-electron chi connectivity index (χ0n) is 16.7. The molecule has 0 amide bonds. The second-order valence-electron chi connectivity index (χ2n) is 8.05. The molecular formula is C23H28O4. The number of benzene rings is 2. The quantitative estimate of drug-likeness (QED) is 0.526. The lowest BCUT2D eigenvalue weighted by Gasteiger charge is -2.21. The average Bonchev–Trinajstić information content (AvgIpc) is 3.42. The minimum atomic E-state index is -0.507. The number of hydrogen-bond acceptors (Lipinski definition) is 4. The smallest absolute Gasteiger partial charge is 0.338 e. The van der Waals surface area contributed by atoms with E-state index in [4.69, 9.17) is 14.2 Å². The van der Waals surface area contributed by atoms with E-state index in [1.807, 2.05) is 58.0 Å². The van der Waals surface area contributed by atoms with Crippen LogP contribution in [0.5, 0.6) is 0 Å². The van der Waals surface area contributed by atoms with Gasteiger partial charge in [0.15, 0.2) is 0 Å². The number of esters is 1. The summed E-state index contributed by atoms with van der Waals surface area (Å²) in [7, 11) is 0. The summed E-state index contributed by atoms with van der Waals surface area (Å²) in [6.07, 6.45) is 0.214. The molecule has 1 unspecified atom stereocenters. The molecule has 4 nitrogen and oxygen atoms in total. The normalized spacial score (nSPS) is 17.4. The molecule has 27 heavy (non-hydrogen) atoms. The third-order valence-corrected chi connectivity index (χ3v) is 4.49. The van der Waals surface area contributed by atoms with E-state index in [0.29, 0.717) is 12.2 Å². The minimum Gasteiger partial charge on any atom is -0.456 e. The predicted octanol–water partition coefficient (Wildman–Crippen LogP) is 5.09. The SMILES string of the molecule is Cc1cc(-c2ccccc2[C@@H](C)OCC2CO2)ccc1C(=O)OC(C)(C)C. The molecule has 1 saturated heterocycles. The molecule has 0 bridgehead atoms. The van der Waals surface area contributed by atoms with Crippen LogP contribution >= 0.6 is 0 Å². The summed E-state index contributed by atoms with van der Waals surface area (Å²) in [5, 5.41) is 0. The second-order valence-corrected chi connectivity index (χ2v) is 8.05. The molecule has 1 aliphatic rings. The Morgan fingerprint density at radius 1 is 1.22 bits per heavy atom. The monoisotopic (exact) mass is 368 g/mol. The van der Waals surface area contributed by atoms with Crippen molar-refractivity contribution in [2.75, 3.05) is 13.2 Å². The van der Waals surface area contributed by atoms with Gasteiger partial charge in [-0.1, -0.05) is 36.4 Å². The Morgan fingerprint density at radius 3 is 2.56 bits per heavy atom. The van der Waals surface area contributed by atoms with Crippen molar-refractivity contribution in [3.8, 4) is 11.1 Å². The number of carbonyl (C=O) groups is 1. The van der Waals surface area contributed by atoms with Crippen LogP contribution in [-0.4, -0.2) is 30.9 Å². The van der Waals surface area contributed by atoms with Gasteiger partial charge in [0.05, 0.1) is 24.9 Å². The zero-order valence-corrected chi connectivity index (χ0v) is 16.7. The Hall–Kier alpha value is -2.17. The van der Waals surface area contributed by atoms with E-state index in [2.05, 4.69) is 19.1 Å². The molecule has 2 aromatic carbocycles. The number of ether oxygens (including phenoxy) is 3. The van der Waals surface area contributed by atoms with Crippen molar-refractivity contribution >= 4 is 5.97 Å². The molecule has 1 fully saturated rings. The van der Waals surface area contributed by atoms with Crippen molar-refractivity contribution in [1.82, 2.24) is 0 Å². The predicted molar refractivity (Wildman–Crippen MR) is 106 cm³/mol. The third kappa shape index (κ3) is 5.18. The lowest BCUT2D eigenvalue weighted by Crippen LogP contribution is -2.24. The fourth-order valence-electron chi connectivity index (χ4n) is 3.01. The average molecular weight is 368 g/mol. The molecular weight excluding hydrogens is 340 g/mol. The maximum Gasteiger partial charge on any atom is 0.338 e. The van der Waals surface area contributed by atoms with Crippen molar-refractivity contribution in [1.29, 1.82) is 0 Å². The van der Waals surface area contributed by atoms with Gasteiger partial charge in [-0.25, -0.2) is 4.79 Å². The van der Waals surface area contributed by atoms with Crippen molar-refractivity contribution in [2.45, 2.75) is 52.4 Å². The molecule has 144 valence electrons. The fourth-order valence-corrected chi connectivity index (χ4v) is 3.01. The first kappa shape index (κ1) is 19.6. The molecule has 1 aliphatic heterocycles. The second kappa shape index (κ2) is 7.83. The van der Waals surface area contributed by atoms with Crippen molar-refractivity contribution < 1.29 is 19.0 Å². The van der Waals surface area contributed by atoms with Crippen LogP contribution in [0.25, 0.3) is 11.1 Å². The van der Waals surface area contributed by atoms with Crippen LogP contribution in [0, 0.1) is 6.92 Å². The largest absolute Gasteiger partial charge is 0.456 e. The Balaban J connectivity index is 1.84. The van der Waals surface area contributed by atoms with E-state index >= 15 is 0 Å². The molecule has 0 aliphatic carbocycles. The highest BCUT2D eigenvalue weighted by molar-refractivity contribution is 5.92. The van der Waals surface area contributed by atoms with Crippen molar-refractivity contribution in [3.63, 3.8) is 0 Å². The van der Waals surface area contributed by atoms with Crippen molar-refractivity contribution in [3.05, 3.63) is 59.2 Å². The van der Waals surface area contributed by atoms with Crippen LogP contribution in [0.2, 0.25) is 0 Å². The van der Waals surface area contributed by atoms with Crippen LogP contribution < -0.4 is 0 Å². The first-order valence-corrected chi connectivity index (χ1v) is 9.41. The van der Waals surface area contributed by atoms with Crippen LogP contribution in [0.3, 0.4) is 0 Å². The van der Waals surface area contributed by atoms with Gasteiger partial charge in [0, 0.05) is 0 Å². The van der Waals surface area contributed by atoms with E-state index in [-0.39, 0.29) is 18.2 Å². The van der Waals surface area contributed by atoms with Crippen LogP contribution in [0.1, 0.15) is 55.3 Å². The first-order chi connectivity index (χ1) is 12.7. The number of carbonyl (C=O) groups excluding carboxylic acids is 1. The van der Waals surface area contributed by atoms with Gasteiger partial charge >= 0.3 is 5.97 Å². The van der Waals surface area contributed by atoms with Gasteiger partial charge < -0.3 is 14.2 Å². The summed E-state index contributed by atoms with van der Waals surface area (Å²) in [6.45, 7) is 11.0. The lowest BCUT2D eigenvalue weighted by molar-refractivity contribution is 0.00687. The number of rotatable bonds is 6. The highest BCUT2D eigenvalue weighted by atomic mass is 16.6. The Kier molecular flexibility index (Phi) is 5.68. The van der Waals surface area contributed by atoms with Crippen LogP contribution in [-0.2, 0) is 14.2 Å². The molecule has 3 rings (SSSR count). The van der Waals surface area contributed by atoms with Gasteiger partial charge in [-0.15, -0.1) is 0 Å². The Bertz CT molecular complexity index is 815. The highest BCUT2D eigenvalue weighted by Gasteiger charge is 2.24. The van der Waals surface area contributed by atoms with Crippen molar-refractivity contribution in [2.24, 2.45) is 0 Å². The Morgan fingerprint density at radius 2 is 1.93 bits per heavy atom. The summed E-state index contributed by atoms with van der Waals surface area (Å²) >= 11 is 0. The zero-order chi connectivity index (χ0) is 19.6. The number of aryl methyl sites for hydroxylation is 1. The van der Waals surface area contributed by atoms with Gasteiger partial charge in [-0.3, -0.25) is 0 Å². The molecule has 0 radical (unpaired) electrons. The molecule has 0 spiro atoms. The van der Waals surface area contributed by atoms with Crippen LogP contribution in [0.15, 0.2) is 42.5 Å².